The Morgan fingerprint density at radius 2 is 2.21 bits per heavy atom. The number of carbonyl (C=O) groups excluding carboxylic acids is 1. The Bertz CT molecular complexity index is 781. The van der Waals surface area contributed by atoms with E-state index in [2.05, 4.69) is 26.6 Å². The number of aromatic amines is 1. The number of amides is 1. The van der Waals surface area contributed by atoms with Gasteiger partial charge in [0.1, 0.15) is 5.54 Å². The Morgan fingerprint density at radius 3 is 2.83 bits per heavy atom. The first-order valence-electron chi connectivity index (χ1n) is 7.53. The average Bonchev–Trinajstić information content (AvgIpc) is 3.33. The van der Waals surface area contributed by atoms with Crippen molar-refractivity contribution in [3.63, 3.8) is 0 Å². The number of halogens is 1. The summed E-state index contributed by atoms with van der Waals surface area (Å²) in [4.78, 5) is 16.4. The highest BCUT2D eigenvalue weighted by Crippen LogP contribution is 2.39. The highest BCUT2D eigenvalue weighted by atomic mass is 35.5. The van der Waals surface area contributed by atoms with Crippen molar-refractivity contribution in [1.82, 2.24) is 20.5 Å². The number of rotatable bonds is 6. The van der Waals surface area contributed by atoms with Crippen LogP contribution in [-0.4, -0.2) is 32.4 Å². The standard InChI is InChI=1S/C16H16ClN5OS/c1-16(9-18,11-4-5-11)20-13(23)8-24-15-19-14(21-22-15)10-2-6-12(17)7-3-10/h2-3,6-7,11H,4-5,8H2,1H3,(H,20,23)(H,19,21,22). The SMILES string of the molecule is CC(C#N)(NC(=O)CSc1n[nH]c(-c2ccc(Cl)cc2)n1)C1CC1. The van der Waals surface area contributed by atoms with Crippen LogP contribution in [0.4, 0.5) is 0 Å². The molecular formula is C16H16ClN5OS. The van der Waals surface area contributed by atoms with E-state index in [4.69, 9.17) is 11.6 Å². The molecule has 1 heterocycles. The minimum atomic E-state index is -0.773. The van der Waals surface area contributed by atoms with Crippen LogP contribution in [0.25, 0.3) is 11.4 Å². The Kier molecular flexibility index (Phi) is 4.78. The van der Waals surface area contributed by atoms with Crippen LogP contribution in [0.5, 0.6) is 0 Å². The number of nitrogens with zero attached hydrogens (tertiary/aromatic N) is 3. The minimum absolute atomic E-state index is 0.169. The van der Waals surface area contributed by atoms with E-state index in [0.717, 1.165) is 18.4 Å². The van der Waals surface area contributed by atoms with Crippen LogP contribution in [0.3, 0.4) is 0 Å². The fourth-order valence-electron chi connectivity index (χ4n) is 2.39. The Balaban J connectivity index is 1.56. The summed E-state index contributed by atoms with van der Waals surface area (Å²) in [5.41, 5.74) is 0.0967. The lowest BCUT2D eigenvalue weighted by Gasteiger charge is -2.22. The highest BCUT2D eigenvalue weighted by molar-refractivity contribution is 7.99. The Labute approximate surface area is 149 Å². The quantitative estimate of drug-likeness (QED) is 0.771. The number of H-pyrrole nitrogens is 1. The molecule has 124 valence electrons. The van der Waals surface area contributed by atoms with Gasteiger partial charge in [-0.05, 0) is 49.9 Å². The molecule has 24 heavy (non-hydrogen) atoms. The third kappa shape index (κ3) is 3.89. The summed E-state index contributed by atoms with van der Waals surface area (Å²) in [6, 6.07) is 9.46. The molecule has 6 nitrogen and oxygen atoms in total. The third-order valence-electron chi connectivity index (χ3n) is 3.94. The number of nitriles is 1. The molecule has 1 aromatic carbocycles. The van der Waals surface area contributed by atoms with Gasteiger partial charge in [0.25, 0.3) is 0 Å². The van der Waals surface area contributed by atoms with Gasteiger partial charge in [-0.3, -0.25) is 9.89 Å². The number of aromatic nitrogens is 3. The molecule has 0 aliphatic heterocycles. The van der Waals surface area contributed by atoms with Crippen LogP contribution in [0.15, 0.2) is 29.4 Å². The summed E-state index contributed by atoms with van der Waals surface area (Å²) in [6.45, 7) is 1.78. The molecule has 1 unspecified atom stereocenters. The number of nitrogens with one attached hydrogen (secondary N) is 2. The maximum atomic E-state index is 12.1. The van der Waals surface area contributed by atoms with E-state index in [0.29, 0.717) is 16.0 Å². The number of hydrogen-bond acceptors (Lipinski definition) is 5. The molecule has 1 saturated carbocycles. The first kappa shape index (κ1) is 16.8. The van der Waals surface area contributed by atoms with Gasteiger partial charge in [0.15, 0.2) is 5.82 Å². The largest absolute Gasteiger partial charge is 0.337 e. The summed E-state index contributed by atoms with van der Waals surface area (Å²) in [6.07, 6.45) is 1.98. The highest BCUT2D eigenvalue weighted by Gasteiger charge is 2.42. The summed E-state index contributed by atoms with van der Waals surface area (Å²) in [5, 5.41) is 20.2. The lowest BCUT2D eigenvalue weighted by molar-refractivity contribution is -0.119. The topological polar surface area (TPSA) is 94.5 Å². The molecular weight excluding hydrogens is 346 g/mol. The maximum absolute atomic E-state index is 12.1. The van der Waals surface area contributed by atoms with E-state index >= 15 is 0 Å². The van der Waals surface area contributed by atoms with Crippen LogP contribution in [0.1, 0.15) is 19.8 Å². The molecule has 2 aromatic rings. The zero-order valence-corrected chi connectivity index (χ0v) is 14.6. The van der Waals surface area contributed by atoms with Crippen LogP contribution < -0.4 is 5.32 Å². The summed E-state index contributed by atoms with van der Waals surface area (Å²) in [5.74, 6) is 0.863. The van der Waals surface area contributed by atoms with Crippen molar-refractivity contribution in [2.24, 2.45) is 5.92 Å². The molecule has 1 fully saturated rings. The van der Waals surface area contributed by atoms with Gasteiger partial charge in [0.2, 0.25) is 11.1 Å². The van der Waals surface area contributed by atoms with Gasteiger partial charge in [-0.1, -0.05) is 23.4 Å². The van der Waals surface area contributed by atoms with Gasteiger partial charge in [0, 0.05) is 10.6 Å². The smallest absolute Gasteiger partial charge is 0.231 e. The van der Waals surface area contributed by atoms with E-state index in [9.17, 15) is 10.1 Å². The van der Waals surface area contributed by atoms with Crippen LogP contribution >= 0.6 is 23.4 Å². The van der Waals surface area contributed by atoms with E-state index in [-0.39, 0.29) is 17.6 Å². The van der Waals surface area contributed by atoms with E-state index in [1.807, 2.05) is 12.1 Å². The Morgan fingerprint density at radius 1 is 1.50 bits per heavy atom. The molecule has 1 aliphatic rings. The zero-order chi connectivity index (χ0) is 17.2. The van der Waals surface area contributed by atoms with Crippen molar-refractivity contribution in [2.75, 3.05) is 5.75 Å². The minimum Gasteiger partial charge on any atom is -0.337 e. The molecule has 8 heteroatoms. The number of benzene rings is 1. The molecule has 1 aliphatic carbocycles. The molecule has 0 saturated heterocycles. The number of carbonyl (C=O) groups is 1. The second kappa shape index (κ2) is 6.83. The van der Waals surface area contributed by atoms with Gasteiger partial charge in [0.05, 0.1) is 11.8 Å². The monoisotopic (exact) mass is 361 g/mol. The first-order chi connectivity index (χ1) is 11.5. The molecule has 1 amide bonds. The number of thioether (sulfide) groups is 1. The van der Waals surface area contributed by atoms with E-state index in [1.165, 1.54) is 11.8 Å². The van der Waals surface area contributed by atoms with Crippen molar-refractivity contribution in [1.29, 1.82) is 5.26 Å². The molecule has 0 radical (unpaired) electrons. The second-order valence-electron chi connectivity index (χ2n) is 5.90. The van der Waals surface area contributed by atoms with Gasteiger partial charge in [-0.15, -0.1) is 5.10 Å². The molecule has 2 N–H and O–H groups in total. The van der Waals surface area contributed by atoms with Gasteiger partial charge < -0.3 is 5.32 Å². The summed E-state index contributed by atoms with van der Waals surface area (Å²) >= 11 is 7.09. The van der Waals surface area contributed by atoms with Crippen molar-refractivity contribution >= 4 is 29.3 Å². The second-order valence-corrected chi connectivity index (χ2v) is 7.28. The fraction of sp³-hybridized carbons (Fsp3) is 0.375. The van der Waals surface area contributed by atoms with Crippen LogP contribution in [0, 0.1) is 17.2 Å². The lowest BCUT2D eigenvalue weighted by Crippen LogP contribution is -2.47. The molecule has 1 atom stereocenters. The van der Waals surface area contributed by atoms with Crippen molar-refractivity contribution in [3.05, 3.63) is 29.3 Å². The fourth-order valence-corrected chi connectivity index (χ4v) is 3.11. The van der Waals surface area contributed by atoms with E-state index < -0.39 is 5.54 Å². The first-order valence-corrected chi connectivity index (χ1v) is 8.90. The van der Waals surface area contributed by atoms with Crippen molar-refractivity contribution in [2.45, 2.75) is 30.5 Å². The normalized spacial score (nSPS) is 16.2. The molecule has 3 rings (SSSR count). The molecule has 0 bridgehead atoms. The van der Waals surface area contributed by atoms with Crippen molar-refractivity contribution in [3.8, 4) is 17.5 Å². The predicted octanol–water partition coefficient (Wildman–Crippen LogP) is 3.03. The van der Waals surface area contributed by atoms with Crippen LogP contribution in [-0.2, 0) is 4.79 Å². The lowest BCUT2D eigenvalue weighted by atomic mass is 9.98. The van der Waals surface area contributed by atoms with E-state index in [1.54, 1.807) is 19.1 Å². The van der Waals surface area contributed by atoms with Crippen molar-refractivity contribution < 1.29 is 4.79 Å². The predicted molar refractivity (Wildman–Crippen MR) is 92.4 cm³/mol. The summed E-state index contributed by atoms with van der Waals surface area (Å²) in [7, 11) is 0. The third-order valence-corrected chi connectivity index (χ3v) is 5.04. The average molecular weight is 362 g/mol. The van der Waals surface area contributed by atoms with Gasteiger partial charge >= 0.3 is 0 Å². The van der Waals surface area contributed by atoms with Gasteiger partial charge in [-0.25, -0.2) is 4.98 Å². The van der Waals surface area contributed by atoms with Gasteiger partial charge in [-0.2, -0.15) is 5.26 Å². The summed E-state index contributed by atoms with van der Waals surface area (Å²) < 4.78 is 0. The molecule has 0 spiro atoms. The number of hydrogen-bond donors (Lipinski definition) is 2. The van der Waals surface area contributed by atoms with Crippen LogP contribution in [0.2, 0.25) is 5.02 Å². The molecule has 1 aromatic heterocycles. The Hall–Kier alpha value is -2.04. The maximum Gasteiger partial charge on any atom is 0.231 e. The zero-order valence-electron chi connectivity index (χ0n) is 13.0.